The quantitative estimate of drug-likeness (QED) is 0.863. The van der Waals surface area contributed by atoms with E-state index in [-0.39, 0.29) is 0 Å². The zero-order valence-corrected chi connectivity index (χ0v) is 12.0. The molecule has 1 aromatic heterocycles. The van der Waals surface area contributed by atoms with Crippen LogP contribution in [0.4, 0.5) is 11.5 Å². The Morgan fingerprint density at radius 2 is 2.11 bits per heavy atom. The Kier molecular flexibility index (Phi) is 3.39. The minimum Gasteiger partial charge on any atom is -0.394 e. The fourth-order valence-corrected chi connectivity index (χ4v) is 3.49. The molecule has 0 aromatic carbocycles. The molecule has 0 amide bonds. The molecule has 2 bridgehead atoms. The standard InChI is InChI=1S/C14H25N5/c1-3-4-11-13(15)14(18(2)17-11)16-12-9-19-7-5-10(12)6-8-19/h10,12,16H,3-9,15H2,1-2H3. The first-order chi connectivity index (χ1) is 9.19. The smallest absolute Gasteiger partial charge is 0.148 e. The minimum atomic E-state index is 0.537. The van der Waals surface area contributed by atoms with Crippen molar-refractivity contribution in [1.29, 1.82) is 0 Å². The van der Waals surface area contributed by atoms with E-state index < -0.39 is 0 Å². The highest BCUT2D eigenvalue weighted by molar-refractivity contribution is 5.65. The molecule has 19 heavy (non-hydrogen) atoms. The van der Waals surface area contributed by atoms with Crippen molar-refractivity contribution < 1.29 is 0 Å². The summed E-state index contributed by atoms with van der Waals surface area (Å²) in [6.45, 7) is 5.85. The third-order valence-electron chi connectivity index (χ3n) is 4.63. The number of nitrogens with two attached hydrogens (primary N) is 1. The van der Waals surface area contributed by atoms with E-state index in [4.69, 9.17) is 5.73 Å². The molecule has 5 nitrogen and oxygen atoms in total. The molecule has 0 spiro atoms. The first kappa shape index (κ1) is 12.8. The summed E-state index contributed by atoms with van der Waals surface area (Å²) >= 11 is 0. The van der Waals surface area contributed by atoms with Gasteiger partial charge in [0.15, 0.2) is 0 Å². The molecule has 1 atom stereocenters. The number of nitrogens with zero attached hydrogens (tertiary/aromatic N) is 3. The number of nitrogen functional groups attached to an aromatic ring is 1. The summed E-state index contributed by atoms with van der Waals surface area (Å²) < 4.78 is 1.91. The Morgan fingerprint density at radius 1 is 1.37 bits per heavy atom. The summed E-state index contributed by atoms with van der Waals surface area (Å²) in [5, 5.41) is 8.20. The van der Waals surface area contributed by atoms with Crippen molar-refractivity contribution in [2.75, 3.05) is 30.7 Å². The van der Waals surface area contributed by atoms with E-state index in [2.05, 4.69) is 22.2 Å². The molecule has 3 fully saturated rings. The van der Waals surface area contributed by atoms with E-state index in [0.717, 1.165) is 42.5 Å². The van der Waals surface area contributed by atoms with Gasteiger partial charge in [0, 0.05) is 19.6 Å². The second-order valence-electron chi connectivity index (χ2n) is 5.97. The maximum Gasteiger partial charge on any atom is 0.148 e. The number of fused-ring (bicyclic) bond motifs is 3. The maximum absolute atomic E-state index is 6.25. The van der Waals surface area contributed by atoms with Gasteiger partial charge < -0.3 is 16.0 Å². The molecule has 0 saturated carbocycles. The molecule has 1 aromatic rings. The molecule has 0 aliphatic carbocycles. The van der Waals surface area contributed by atoms with Gasteiger partial charge in [0.05, 0.1) is 11.4 Å². The van der Waals surface area contributed by atoms with Gasteiger partial charge in [-0.1, -0.05) is 13.3 Å². The summed E-state index contributed by atoms with van der Waals surface area (Å²) in [4.78, 5) is 2.55. The van der Waals surface area contributed by atoms with Crippen molar-refractivity contribution in [1.82, 2.24) is 14.7 Å². The van der Waals surface area contributed by atoms with Crippen molar-refractivity contribution >= 4 is 11.5 Å². The van der Waals surface area contributed by atoms with Crippen molar-refractivity contribution in [3.8, 4) is 0 Å². The summed E-state index contributed by atoms with van der Waals surface area (Å²) in [5.74, 6) is 1.82. The zero-order valence-electron chi connectivity index (χ0n) is 12.0. The Hall–Kier alpha value is -1.23. The van der Waals surface area contributed by atoms with E-state index in [0.29, 0.717) is 6.04 Å². The van der Waals surface area contributed by atoms with Gasteiger partial charge in [-0.2, -0.15) is 5.10 Å². The van der Waals surface area contributed by atoms with Gasteiger partial charge in [0.25, 0.3) is 0 Å². The Balaban J connectivity index is 1.76. The molecule has 3 N–H and O–H groups in total. The molecule has 1 unspecified atom stereocenters. The van der Waals surface area contributed by atoms with Gasteiger partial charge in [0.2, 0.25) is 0 Å². The Labute approximate surface area is 115 Å². The molecule has 0 radical (unpaired) electrons. The van der Waals surface area contributed by atoms with E-state index in [1.54, 1.807) is 0 Å². The van der Waals surface area contributed by atoms with Gasteiger partial charge in [-0.05, 0) is 38.3 Å². The zero-order chi connectivity index (χ0) is 13.4. The number of hydrogen-bond donors (Lipinski definition) is 2. The lowest BCUT2D eigenvalue weighted by Gasteiger charge is -2.45. The average Bonchev–Trinajstić information content (AvgIpc) is 2.69. The van der Waals surface area contributed by atoms with Crippen molar-refractivity contribution in [2.24, 2.45) is 13.0 Å². The van der Waals surface area contributed by atoms with Crippen LogP contribution in [0.1, 0.15) is 31.9 Å². The van der Waals surface area contributed by atoms with Gasteiger partial charge in [0.1, 0.15) is 5.82 Å². The van der Waals surface area contributed by atoms with Crippen LogP contribution >= 0.6 is 0 Å². The predicted octanol–water partition coefficient (Wildman–Crippen LogP) is 1.46. The molecule has 3 aliphatic heterocycles. The molecule has 4 rings (SSSR count). The minimum absolute atomic E-state index is 0.537. The highest BCUT2D eigenvalue weighted by atomic mass is 15.3. The number of aryl methyl sites for hydroxylation is 2. The fourth-order valence-electron chi connectivity index (χ4n) is 3.49. The number of piperidine rings is 3. The van der Waals surface area contributed by atoms with Crippen LogP contribution in [0.5, 0.6) is 0 Å². The number of nitrogens with one attached hydrogen (secondary N) is 1. The highest BCUT2D eigenvalue weighted by Gasteiger charge is 2.34. The van der Waals surface area contributed by atoms with E-state index in [9.17, 15) is 0 Å². The van der Waals surface area contributed by atoms with Crippen LogP contribution in [0.3, 0.4) is 0 Å². The van der Waals surface area contributed by atoms with E-state index in [1.807, 2.05) is 11.7 Å². The van der Waals surface area contributed by atoms with Crippen molar-refractivity contribution in [2.45, 2.75) is 38.6 Å². The van der Waals surface area contributed by atoms with Crippen LogP contribution in [-0.2, 0) is 13.5 Å². The Bertz CT molecular complexity index is 445. The monoisotopic (exact) mass is 263 g/mol. The van der Waals surface area contributed by atoms with Gasteiger partial charge >= 0.3 is 0 Å². The molecule has 106 valence electrons. The van der Waals surface area contributed by atoms with E-state index >= 15 is 0 Å². The van der Waals surface area contributed by atoms with Crippen LogP contribution in [0, 0.1) is 5.92 Å². The van der Waals surface area contributed by atoms with Crippen molar-refractivity contribution in [3.05, 3.63) is 5.69 Å². The third kappa shape index (κ3) is 2.31. The lowest BCUT2D eigenvalue weighted by Crippen LogP contribution is -2.53. The second-order valence-corrected chi connectivity index (χ2v) is 5.97. The fraction of sp³-hybridized carbons (Fsp3) is 0.786. The van der Waals surface area contributed by atoms with Crippen LogP contribution < -0.4 is 11.1 Å². The lowest BCUT2D eigenvalue weighted by molar-refractivity contribution is 0.0972. The van der Waals surface area contributed by atoms with E-state index in [1.165, 1.54) is 25.9 Å². The Morgan fingerprint density at radius 3 is 2.68 bits per heavy atom. The molecule has 3 aliphatic rings. The summed E-state index contributed by atoms with van der Waals surface area (Å²) in [7, 11) is 1.99. The second kappa shape index (κ2) is 5.04. The van der Waals surface area contributed by atoms with Crippen LogP contribution in [0.2, 0.25) is 0 Å². The molecule has 3 saturated heterocycles. The number of hydrogen-bond acceptors (Lipinski definition) is 4. The predicted molar refractivity (Wildman–Crippen MR) is 78.2 cm³/mol. The third-order valence-corrected chi connectivity index (χ3v) is 4.63. The highest BCUT2D eigenvalue weighted by Crippen LogP contribution is 2.32. The average molecular weight is 263 g/mol. The van der Waals surface area contributed by atoms with Gasteiger partial charge in [-0.3, -0.25) is 4.68 Å². The van der Waals surface area contributed by atoms with Crippen LogP contribution in [-0.4, -0.2) is 40.4 Å². The maximum atomic E-state index is 6.25. The van der Waals surface area contributed by atoms with Gasteiger partial charge in [-0.15, -0.1) is 0 Å². The van der Waals surface area contributed by atoms with Gasteiger partial charge in [-0.25, -0.2) is 0 Å². The molecule has 4 heterocycles. The summed E-state index contributed by atoms with van der Waals surface area (Å²) in [5.41, 5.74) is 8.13. The normalized spacial score (nSPS) is 29.7. The van der Waals surface area contributed by atoms with Crippen molar-refractivity contribution in [3.63, 3.8) is 0 Å². The molecule has 5 heteroatoms. The topological polar surface area (TPSA) is 59.1 Å². The first-order valence-corrected chi connectivity index (χ1v) is 7.49. The molecular formula is C14H25N5. The number of aromatic nitrogens is 2. The molecular weight excluding hydrogens is 238 g/mol. The summed E-state index contributed by atoms with van der Waals surface area (Å²) in [6.07, 6.45) is 4.68. The largest absolute Gasteiger partial charge is 0.394 e. The number of anilines is 2. The lowest BCUT2D eigenvalue weighted by atomic mass is 9.84. The first-order valence-electron chi connectivity index (χ1n) is 7.49. The van der Waals surface area contributed by atoms with Crippen LogP contribution in [0.25, 0.3) is 0 Å². The SMILES string of the molecule is CCCc1nn(C)c(NC2CN3CCC2CC3)c1N. The summed E-state index contributed by atoms with van der Waals surface area (Å²) in [6, 6.07) is 0.537. The van der Waals surface area contributed by atoms with Crippen LogP contribution in [0.15, 0.2) is 0 Å². The number of rotatable bonds is 4.